The van der Waals surface area contributed by atoms with E-state index >= 15 is 0 Å². The summed E-state index contributed by atoms with van der Waals surface area (Å²) < 4.78 is 10.4. The molecule has 0 amide bonds. The molecule has 4 aromatic rings. The van der Waals surface area contributed by atoms with Crippen LogP contribution < -0.4 is 10.9 Å². The van der Waals surface area contributed by atoms with E-state index in [2.05, 4.69) is 15.4 Å². The Labute approximate surface area is 184 Å². The Morgan fingerprint density at radius 2 is 2.06 bits per heavy atom. The van der Waals surface area contributed by atoms with Crippen LogP contribution in [0.5, 0.6) is 0 Å². The van der Waals surface area contributed by atoms with Crippen molar-refractivity contribution in [2.24, 2.45) is 7.05 Å². The van der Waals surface area contributed by atoms with Crippen molar-refractivity contribution in [2.75, 3.05) is 6.54 Å². The van der Waals surface area contributed by atoms with Gasteiger partial charge in [0.05, 0.1) is 24.5 Å². The van der Waals surface area contributed by atoms with Crippen LogP contribution in [0.3, 0.4) is 0 Å². The zero-order valence-corrected chi connectivity index (χ0v) is 18.7. The molecule has 0 aliphatic carbocycles. The second kappa shape index (κ2) is 7.30. The number of aryl methyl sites for hydroxylation is 1. The molecule has 5 heterocycles. The van der Waals surface area contributed by atoms with Gasteiger partial charge in [0.25, 0.3) is 5.56 Å². The van der Waals surface area contributed by atoms with E-state index in [4.69, 9.17) is 4.74 Å². The zero-order chi connectivity index (χ0) is 22.6. The first-order valence-electron chi connectivity index (χ1n) is 10.7. The summed E-state index contributed by atoms with van der Waals surface area (Å²) in [5.74, 6) is 0. The second-order valence-corrected chi connectivity index (χ2v) is 9.18. The zero-order valence-electron chi connectivity index (χ0n) is 18.7. The van der Waals surface area contributed by atoms with E-state index in [0.29, 0.717) is 11.0 Å². The first-order valence-corrected chi connectivity index (χ1v) is 10.7. The lowest BCUT2D eigenvalue weighted by atomic mass is 10.1. The van der Waals surface area contributed by atoms with Gasteiger partial charge in [-0.25, -0.2) is 9.48 Å². The van der Waals surface area contributed by atoms with Crippen LogP contribution >= 0.6 is 0 Å². The molecular weight excluding hydrogens is 408 g/mol. The van der Waals surface area contributed by atoms with E-state index in [9.17, 15) is 9.59 Å². The van der Waals surface area contributed by atoms with Crippen LogP contribution in [0.25, 0.3) is 21.8 Å². The van der Waals surface area contributed by atoms with Gasteiger partial charge < -0.3 is 14.6 Å². The maximum atomic E-state index is 13.4. The molecule has 1 N–H and O–H groups in total. The van der Waals surface area contributed by atoms with E-state index < -0.39 is 11.7 Å². The summed E-state index contributed by atoms with van der Waals surface area (Å²) in [6.45, 7) is 7.35. The smallest absolute Gasteiger partial charge is 0.419 e. The second-order valence-electron chi connectivity index (χ2n) is 9.18. The van der Waals surface area contributed by atoms with Crippen molar-refractivity contribution in [3.8, 4) is 0 Å². The van der Waals surface area contributed by atoms with E-state index in [-0.39, 0.29) is 12.1 Å². The Balaban J connectivity index is 1.59. The normalized spacial score (nSPS) is 14.1. The number of rotatable bonds is 2. The predicted octanol–water partition coefficient (Wildman–Crippen LogP) is 2.56. The lowest BCUT2D eigenvalue weighted by molar-refractivity contribution is 0.0544. The number of aromatic nitrogens is 5. The van der Waals surface area contributed by atoms with Gasteiger partial charge in [-0.3, -0.25) is 14.3 Å². The monoisotopic (exact) mass is 434 g/mol. The Morgan fingerprint density at radius 1 is 1.25 bits per heavy atom. The topological polar surface area (TPSA) is 96.0 Å². The average Bonchev–Trinajstić information content (AvgIpc) is 3.26. The Kier molecular flexibility index (Phi) is 4.67. The van der Waals surface area contributed by atoms with Crippen LogP contribution in [0.15, 0.2) is 35.6 Å². The number of nitrogens with one attached hydrogen (secondary N) is 1. The molecule has 9 nitrogen and oxygen atoms in total. The van der Waals surface area contributed by atoms with Gasteiger partial charge in [-0.1, -0.05) is 0 Å². The lowest BCUT2D eigenvalue weighted by Crippen LogP contribution is -2.27. The third kappa shape index (κ3) is 3.29. The van der Waals surface area contributed by atoms with Crippen molar-refractivity contribution in [3.63, 3.8) is 0 Å². The summed E-state index contributed by atoms with van der Waals surface area (Å²) in [4.78, 5) is 30.3. The molecule has 4 aromatic heterocycles. The fourth-order valence-electron chi connectivity index (χ4n) is 4.45. The molecule has 0 saturated carbocycles. The fraction of sp³-hybridized carbons (Fsp3) is 0.391. The predicted molar refractivity (Wildman–Crippen MR) is 121 cm³/mol. The Hall–Kier alpha value is -3.46. The van der Waals surface area contributed by atoms with Crippen molar-refractivity contribution in [1.29, 1.82) is 0 Å². The third-order valence-corrected chi connectivity index (χ3v) is 5.88. The summed E-state index contributed by atoms with van der Waals surface area (Å²) in [5, 5.41) is 9.59. The van der Waals surface area contributed by atoms with Gasteiger partial charge in [0, 0.05) is 42.5 Å². The molecular formula is C23H26N6O3. The van der Waals surface area contributed by atoms with Crippen LogP contribution in [0.4, 0.5) is 4.79 Å². The van der Waals surface area contributed by atoms with Crippen molar-refractivity contribution >= 4 is 27.9 Å². The molecule has 0 unspecified atom stereocenters. The van der Waals surface area contributed by atoms with Crippen LogP contribution in [0.2, 0.25) is 0 Å². The maximum Gasteiger partial charge on any atom is 0.419 e. The van der Waals surface area contributed by atoms with Crippen molar-refractivity contribution < 1.29 is 9.53 Å². The van der Waals surface area contributed by atoms with E-state index in [1.807, 2.05) is 38.5 Å². The lowest BCUT2D eigenvalue weighted by Gasteiger charge is -2.19. The molecule has 0 aromatic carbocycles. The van der Waals surface area contributed by atoms with E-state index in [1.54, 1.807) is 24.8 Å². The molecule has 5 rings (SSSR count). The van der Waals surface area contributed by atoms with Crippen LogP contribution in [-0.4, -0.2) is 42.1 Å². The largest absolute Gasteiger partial charge is 0.443 e. The van der Waals surface area contributed by atoms with Gasteiger partial charge in [0.2, 0.25) is 0 Å². The summed E-state index contributed by atoms with van der Waals surface area (Å²) in [6, 6.07) is 1.84. The molecule has 0 fully saturated rings. The van der Waals surface area contributed by atoms with Crippen molar-refractivity contribution in [1.82, 2.24) is 29.2 Å². The number of ether oxygens (including phenoxy) is 1. The van der Waals surface area contributed by atoms with Gasteiger partial charge in [0.15, 0.2) is 0 Å². The number of nitrogens with zero attached hydrogens (tertiary/aromatic N) is 5. The molecule has 0 spiro atoms. The highest BCUT2D eigenvalue weighted by Crippen LogP contribution is 2.26. The van der Waals surface area contributed by atoms with Crippen LogP contribution in [-0.2, 0) is 31.3 Å². The minimum absolute atomic E-state index is 0.147. The van der Waals surface area contributed by atoms with Gasteiger partial charge in [-0.2, -0.15) is 5.10 Å². The summed E-state index contributed by atoms with van der Waals surface area (Å²) in [7, 11) is 1.93. The maximum absolute atomic E-state index is 13.4. The molecule has 166 valence electrons. The van der Waals surface area contributed by atoms with Crippen molar-refractivity contribution in [2.45, 2.75) is 45.9 Å². The molecule has 0 bridgehead atoms. The third-order valence-electron chi connectivity index (χ3n) is 5.88. The SMILES string of the molecule is Cn1c2c(c3cnn(Cc4cn(C(=O)OC(C)(C)C)c5cnccc45)c(=O)c31)CCNC2. The average molecular weight is 435 g/mol. The molecule has 0 atom stereocenters. The summed E-state index contributed by atoms with van der Waals surface area (Å²) in [5.41, 5.74) is 3.65. The van der Waals surface area contributed by atoms with Crippen LogP contribution in [0.1, 0.15) is 37.6 Å². The highest BCUT2D eigenvalue weighted by molar-refractivity contribution is 5.91. The number of carbonyl (C=O) groups is 1. The van der Waals surface area contributed by atoms with E-state index in [1.165, 1.54) is 14.8 Å². The highest BCUT2D eigenvalue weighted by Gasteiger charge is 2.23. The fourth-order valence-corrected chi connectivity index (χ4v) is 4.45. The minimum atomic E-state index is -0.625. The number of carbonyl (C=O) groups excluding carboxylic acids is 1. The number of pyridine rings is 1. The van der Waals surface area contributed by atoms with Crippen LogP contribution in [0, 0.1) is 0 Å². The van der Waals surface area contributed by atoms with E-state index in [0.717, 1.165) is 41.5 Å². The molecule has 1 aliphatic heterocycles. The number of hydrogen-bond donors (Lipinski definition) is 1. The quantitative estimate of drug-likeness (QED) is 0.521. The van der Waals surface area contributed by atoms with Gasteiger partial charge in [-0.05, 0) is 50.9 Å². The number of hydrogen-bond acceptors (Lipinski definition) is 6. The van der Waals surface area contributed by atoms with Gasteiger partial charge >= 0.3 is 6.09 Å². The van der Waals surface area contributed by atoms with Gasteiger partial charge in [-0.15, -0.1) is 0 Å². The molecule has 0 radical (unpaired) electrons. The molecule has 32 heavy (non-hydrogen) atoms. The Morgan fingerprint density at radius 3 is 2.84 bits per heavy atom. The Bertz CT molecular complexity index is 1420. The highest BCUT2D eigenvalue weighted by atomic mass is 16.6. The van der Waals surface area contributed by atoms with Gasteiger partial charge in [0.1, 0.15) is 11.1 Å². The first kappa shape index (κ1) is 20.4. The first-order chi connectivity index (χ1) is 15.2. The number of fused-ring (bicyclic) bond motifs is 4. The molecule has 0 saturated heterocycles. The molecule has 9 heteroatoms. The molecule has 1 aliphatic rings. The standard InChI is InChI=1S/C23H26N6O3/c1-23(2,3)32-22(31)28-12-14(15-5-7-25-11-19(15)28)13-29-21(30)20-17(9-26-29)16-6-8-24-10-18(16)27(20)4/h5,7,9,11-12,24H,6,8,10,13H2,1-4H3. The minimum Gasteiger partial charge on any atom is -0.443 e. The van der Waals surface area contributed by atoms with Crippen molar-refractivity contribution in [3.05, 3.63) is 58.0 Å². The summed E-state index contributed by atoms with van der Waals surface area (Å²) in [6.07, 6.45) is 7.19. The summed E-state index contributed by atoms with van der Waals surface area (Å²) >= 11 is 0.